The van der Waals surface area contributed by atoms with Crippen LogP contribution < -0.4 is 0 Å². The maximum absolute atomic E-state index is 5.20. The van der Waals surface area contributed by atoms with Crippen LogP contribution in [0.5, 0.6) is 0 Å². The molecule has 98 valence electrons. The summed E-state index contributed by atoms with van der Waals surface area (Å²) in [5, 5.41) is 5.30. The third-order valence-electron chi connectivity index (χ3n) is 3.16. The van der Waals surface area contributed by atoms with Crippen molar-refractivity contribution >= 4 is 10.9 Å². The third-order valence-corrected chi connectivity index (χ3v) is 3.16. The molecule has 0 atom stereocenters. The Balaban J connectivity index is 1.89. The normalized spacial score (nSPS) is 11.3. The standard InChI is InChI=1S/C15H16N2O2/c1-11-3-4-12-5-6-17(15(12)7-11)9-13-8-14(10-18-2)19-16-13/h3-8H,9-10H2,1-2H3. The fraction of sp³-hybridized carbons (Fsp3) is 0.267. The van der Waals surface area contributed by atoms with E-state index in [-0.39, 0.29) is 0 Å². The number of aryl methyl sites for hydroxylation is 1. The van der Waals surface area contributed by atoms with Crippen LogP contribution in [0.4, 0.5) is 0 Å². The molecule has 0 N–H and O–H groups in total. The lowest BCUT2D eigenvalue weighted by Crippen LogP contribution is -1.98. The zero-order chi connectivity index (χ0) is 13.2. The summed E-state index contributed by atoms with van der Waals surface area (Å²) in [7, 11) is 1.64. The number of nitrogens with zero attached hydrogens (tertiary/aromatic N) is 2. The van der Waals surface area contributed by atoms with Gasteiger partial charge in [-0.1, -0.05) is 17.3 Å². The zero-order valence-electron chi connectivity index (χ0n) is 11.1. The van der Waals surface area contributed by atoms with Gasteiger partial charge < -0.3 is 13.8 Å². The van der Waals surface area contributed by atoms with Gasteiger partial charge in [0.05, 0.1) is 6.54 Å². The predicted molar refractivity (Wildman–Crippen MR) is 73.0 cm³/mol. The second kappa shape index (κ2) is 4.90. The Hall–Kier alpha value is -2.07. The van der Waals surface area contributed by atoms with Gasteiger partial charge in [-0.05, 0) is 30.0 Å². The molecule has 0 bridgehead atoms. The van der Waals surface area contributed by atoms with Crippen molar-refractivity contribution in [2.75, 3.05) is 7.11 Å². The monoisotopic (exact) mass is 256 g/mol. The first-order chi connectivity index (χ1) is 9.26. The quantitative estimate of drug-likeness (QED) is 0.720. The van der Waals surface area contributed by atoms with Gasteiger partial charge in [-0.15, -0.1) is 0 Å². The lowest BCUT2D eigenvalue weighted by atomic mass is 10.2. The Morgan fingerprint density at radius 3 is 3.00 bits per heavy atom. The molecule has 0 unspecified atom stereocenters. The molecule has 2 aromatic heterocycles. The van der Waals surface area contributed by atoms with Crippen molar-refractivity contribution < 1.29 is 9.26 Å². The number of aromatic nitrogens is 2. The first kappa shape index (κ1) is 12.0. The highest BCUT2D eigenvalue weighted by atomic mass is 16.5. The lowest BCUT2D eigenvalue weighted by Gasteiger charge is -2.03. The van der Waals surface area contributed by atoms with Crippen LogP contribution in [0, 0.1) is 6.92 Å². The first-order valence-corrected chi connectivity index (χ1v) is 6.25. The summed E-state index contributed by atoms with van der Waals surface area (Å²) >= 11 is 0. The van der Waals surface area contributed by atoms with Gasteiger partial charge in [0.1, 0.15) is 12.3 Å². The molecule has 0 amide bonds. The summed E-state index contributed by atoms with van der Waals surface area (Å²) in [5.74, 6) is 0.755. The Labute approximate surface area is 111 Å². The molecule has 0 aliphatic heterocycles. The van der Waals surface area contributed by atoms with E-state index in [1.54, 1.807) is 7.11 Å². The summed E-state index contributed by atoms with van der Waals surface area (Å²) < 4.78 is 12.4. The molecular formula is C15H16N2O2. The van der Waals surface area contributed by atoms with E-state index in [0.29, 0.717) is 13.2 Å². The van der Waals surface area contributed by atoms with Crippen molar-refractivity contribution in [2.45, 2.75) is 20.1 Å². The molecule has 4 nitrogen and oxygen atoms in total. The average Bonchev–Trinajstić information content (AvgIpc) is 2.98. The van der Waals surface area contributed by atoms with E-state index in [0.717, 1.165) is 11.5 Å². The van der Waals surface area contributed by atoms with Gasteiger partial charge >= 0.3 is 0 Å². The van der Waals surface area contributed by atoms with Crippen molar-refractivity contribution in [1.82, 2.24) is 9.72 Å². The number of hydrogen-bond acceptors (Lipinski definition) is 3. The van der Waals surface area contributed by atoms with Crippen LogP contribution in [-0.4, -0.2) is 16.8 Å². The highest BCUT2D eigenvalue weighted by Crippen LogP contribution is 2.18. The molecule has 0 saturated carbocycles. The van der Waals surface area contributed by atoms with Crippen LogP contribution in [-0.2, 0) is 17.9 Å². The van der Waals surface area contributed by atoms with E-state index in [1.165, 1.54) is 16.5 Å². The topological polar surface area (TPSA) is 40.2 Å². The van der Waals surface area contributed by atoms with Crippen LogP contribution in [0.2, 0.25) is 0 Å². The van der Waals surface area contributed by atoms with Gasteiger partial charge in [0.15, 0.2) is 5.76 Å². The lowest BCUT2D eigenvalue weighted by molar-refractivity contribution is 0.155. The van der Waals surface area contributed by atoms with E-state index in [4.69, 9.17) is 9.26 Å². The summed E-state index contributed by atoms with van der Waals surface area (Å²) in [6, 6.07) is 10.5. The van der Waals surface area contributed by atoms with Crippen LogP contribution in [0.3, 0.4) is 0 Å². The van der Waals surface area contributed by atoms with Gasteiger partial charge in [0, 0.05) is 24.9 Å². The molecule has 0 aliphatic rings. The number of hydrogen-bond donors (Lipinski definition) is 0. The maximum atomic E-state index is 5.20. The highest BCUT2D eigenvalue weighted by molar-refractivity contribution is 5.80. The third kappa shape index (κ3) is 2.39. The van der Waals surface area contributed by atoms with Gasteiger partial charge in [-0.2, -0.15) is 0 Å². The molecule has 4 heteroatoms. The molecular weight excluding hydrogens is 240 g/mol. The molecule has 0 fully saturated rings. The summed E-state index contributed by atoms with van der Waals surface area (Å²) in [5.41, 5.74) is 3.38. The Kier molecular flexibility index (Phi) is 3.09. The minimum Gasteiger partial charge on any atom is -0.377 e. The predicted octanol–water partition coefficient (Wildman–Crippen LogP) is 3.13. The summed E-state index contributed by atoms with van der Waals surface area (Å²) in [6.07, 6.45) is 2.08. The van der Waals surface area contributed by atoms with E-state index < -0.39 is 0 Å². The largest absolute Gasteiger partial charge is 0.377 e. The van der Waals surface area contributed by atoms with Gasteiger partial charge in [0.2, 0.25) is 0 Å². The van der Waals surface area contributed by atoms with Crippen LogP contribution >= 0.6 is 0 Å². The molecule has 2 heterocycles. The van der Waals surface area contributed by atoms with Crippen molar-refractivity contribution in [3.05, 3.63) is 53.5 Å². The van der Waals surface area contributed by atoms with Crippen molar-refractivity contribution in [2.24, 2.45) is 0 Å². The minimum absolute atomic E-state index is 0.457. The number of methoxy groups -OCH3 is 1. The molecule has 0 spiro atoms. The van der Waals surface area contributed by atoms with E-state index in [9.17, 15) is 0 Å². The van der Waals surface area contributed by atoms with Crippen molar-refractivity contribution in [3.8, 4) is 0 Å². The van der Waals surface area contributed by atoms with Crippen LogP contribution in [0.1, 0.15) is 17.0 Å². The number of rotatable bonds is 4. The molecule has 19 heavy (non-hydrogen) atoms. The molecule has 1 aromatic carbocycles. The van der Waals surface area contributed by atoms with Crippen molar-refractivity contribution in [1.29, 1.82) is 0 Å². The number of benzene rings is 1. The SMILES string of the molecule is COCc1cc(Cn2ccc3ccc(C)cc32)no1. The van der Waals surface area contributed by atoms with Crippen molar-refractivity contribution in [3.63, 3.8) is 0 Å². The van der Waals surface area contributed by atoms with Gasteiger partial charge in [0.25, 0.3) is 0 Å². The zero-order valence-corrected chi connectivity index (χ0v) is 11.1. The molecule has 3 aromatic rings. The van der Waals surface area contributed by atoms with Crippen LogP contribution in [0.25, 0.3) is 10.9 Å². The Bertz CT molecular complexity index is 697. The van der Waals surface area contributed by atoms with E-state index in [1.807, 2.05) is 6.07 Å². The fourth-order valence-electron chi connectivity index (χ4n) is 2.25. The molecule has 0 saturated heterocycles. The first-order valence-electron chi connectivity index (χ1n) is 6.25. The number of fused-ring (bicyclic) bond motifs is 1. The summed E-state index contributed by atoms with van der Waals surface area (Å²) in [6.45, 7) is 3.27. The highest BCUT2D eigenvalue weighted by Gasteiger charge is 2.07. The number of ether oxygens (including phenoxy) is 1. The average molecular weight is 256 g/mol. The smallest absolute Gasteiger partial charge is 0.162 e. The maximum Gasteiger partial charge on any atom is 0.162 e. The van der Waals surface area contributed by atoms with E-state index >= 15 is 0 Å². The summed E-state index contributed by atoms with van der Waals surface area (Å²) in [4.78, 5) is 0. The fourth-order valence-corrected chi connectivity index (χ4v) is 2.25. The van der Waals surface area contributed by atoms with Crippen LogP contribution in [0.15, 0.2) is 41.1 Å². The molecule has 0 radical (unpaired) electrons. The molecule has 3 rings (SSSR count). The van der Waals surface area contributed by atoms with Gasteiger partial charge in [-0.25, -0.2) is 0 Å². The second-order valence-corrected chi connectivity index (χ2v) is 4.72. The second-order valence-electron chi connectivity index (χ2n) is 4.72. The Morgan fingerprint density at radius 2 is 2.16 bits per heavy atom. The minimum atomic E-state index is 0.457. The van der Waals surface area contributed by atoms with E-state index in [2.05, 4.69) is 47.1 Å². The molecule has 0 aliphatic carbocycles. The van der Waals surface area contributed by atoms with Gasteiger partial charge in [-0.3, -0.25) is 0 Å². The Morgan fingerprint density at radius 1 is 1.26 bits per heavy atom.